The highest BCUT2D eigenvalue weighted by Crippen LogP contribution is 2.35. The van der Waals surface area contributed by atoms with Gasteiger partial charge in [-0.2, -0.15) is 41.6 Å². The molecule has 1 amide bonds. The van der Waals surface area contributed by atoms with Crippen LogP contribution in [0.2, 0.25) is 5.02 Å². The summed E-state index contributed by atoms with van der Waals surface area (Å²) < 4.78 is 76.2. The molecular formula is C13H11ClF6N6O. The van der Waals surface area contributed by atoms with E-state index in [0.717, 1.165) is 17.1 Å². The highest BCUT2D eigenvalue weighted by atomic mass is 35.5. The summed E-state index contributed by atoms with van der Waals surface area (Å²) >= 11 is 5.56. The number of nitrogens with zero attached hydrogens (tertiary/aromatic N) is 5. The highest BCUT2D eigenvalue weighted by molar-refractivity contribution is 6.32. The number of hydrogen-bond donors (Lipinski definition) is 1. The van der Waals surface area contributed by atoms with Crippen LogP contribution >= 0.6 is 11.6 Å². The minimum atomic E-state index is -4.77. The molecule has 0 aliphatic rings. The first-order chi connectivity index (χ1) is 12.4. The standard InChI is InChI=1S/C13H11ClF6N6O/c1-7-10(14)11(13(18,19)20)24-26(7)5-9(27)22-21-4-8-2-3-25(23-8)6-12(15,16)17/h2-4H,5-6H2,1H3,(H,22,27)/b21-4+. The van der Waals surface area contributed by atoms with Crippen molar-refractivity contribution in [1.29, 1.82) is 0 Å². The molecule has 1 N–H and O–H groups in total. The Morgan fingerprint density at radius 2 is 1.96 bits per heavy atom. The van der Waals surface area contributed by atoms with Gasteiger partial charge in [0.1, 0.15) is 18.8 Å². The molecule has 0 unspecified atom stereocenters. The SMILES string of the molecule is Cc1c(Cl)c(C(F)(F)F)nn1CC(=O)N/N=C/c1ccn(CC(F)(F)F)n1. The largest absolute Gasteiger partial charge is 0.436 e. The van der Waals surface area contributed by atoms with E-state index in [0.29, 0.717) is 4.68 Å². The van der Waals surface area contributed by atoms with Gasteiger partial charge in [-0.25, -0.2) is 5.43 Å². The molecule has 0 saturated carbocycles. The van der Waals surface area contributed by atoms with Crippen LogP contribution in [-0.4, -0.2) is 37.9 Å². The van der Waals surface area contributed by atoms with Gasteiger partial charge < -0.3 is 0 Å². The predicted molar refractivity (Wildman–Crippen MR) is 81.0 cm³/mol. The minimum Gasteiger partial charge on any atom is -0.271 e. The fraction of sp³-hybridized carbons (Fsp3) is 0.385. The van der Waals surface area contributed by atoms with E-state index in [-0.39, 0.29) is 11.4 Å². The molecule has 0 spiro atoms. The maximum absolute atomic E-state index is 12.7. The number of nitrogens with one attached hydrogen (secondary N) is 1. The molecule has 7 nitrogen and oxygen atoms in total. The van der Waals surface area contributed by atoms with Crippen LogP contribution < -0.4 is 5.43 Å². The van der Waals surface area contributed by atoms with E-state index >= 15 is 0 Å². The van der Waals surface area contributed by atoms with Crippen molar-refractivity contribution >= 4 is 23.7 Å². The fourth-order valence-electron chi connectivity index (χ4n) is 1.92. The van der Waals surface area contributed by atoms with Crippen LogP contribution in [0.15, 0.2) is 17.4 Å². The second kappa shape index (κ2) is 7.58. The lowest BCUT2D eigenvalue weighted by Crippen LogP contribution is -2.24. The topological polar surface area (TPSA) is 77.1 Å². The molecular weight excluding hydrogens is 406 g/mol. The molecule has 0 aliphatic carbocycles. The van der Waals surface area contributed by atoms with Crippen LogP contribution in [0.5, 0.6) is 0 Å². The summed E-state index contributed by atoms with van der Waals surface area (Å²) in [6.45, 7) is -0.621. The van der Waals surface area contributed by atoms with Gasteiger partial charge in [-0.1, -0.05) is 11.6 Å². The Kier molecular flexibility index (Phi) is 5.82. The van der Waals surface area contributed by atoms with Crippen molar-refractivity contribution in [2.24, 2.45) is 5.10 Å². The van der Waals surface area contributed by atoms with Crippen molar-refractivity contribution in [2.75, 3.05) is 0 Å². The molecule has 0 bridgehead atoms. The van der Waals surface area contributed by atoms with Crippen LogP contribution in [0.25, 0.3) is 0 Å². The number of carbonyl (C=O) groups is 1. The van der Waals surface area contributed by atoms with Crippen molar-refractivity contribution in [3.63, 3.8) is 0 Å². The number of rotatable bonds is 5. The molecule has 14 heteroatoms. The molecule has 0 atom stereocenters. The Balaban J connectivity index is 1.96. The van der Waals surface area contributed by atoms with E-state index in [1.807, 2.05) is 5.43 Å². The first-order valence-electron chi connectivity index (χ1n) is 7.09. The quantitative estimate of drug-likeness (QED) is 0.462. The van der Waals surface area contributed by atoms with Crippen molar-refractivity contribution in [3.05, 3.63) is 34.4 Å². The number of aromatic nitrogens is 4. The van der Waals surface area contributed by atoms with Crippen molar-refractivity contribution in [2.45, 2.75) is 32.4 Å². The Morgan fingerprint density at radius 1 is 1.30 bits per heavy atom. The number of carbonyl (C=O) groups excluding carboxylic acids is 1. The number of amides is 1. The highest BCUT2D eigenvalue weighted by Gasteiger charge is 2.38. The van der Waals surface area contributed by atoms with Gasteiger partial charge in [0.25, 0.3) is 5.91 Å². The molecule has 0 aromatic carbocycles. The molecule has 148 valence electrons. The summed E-state index contributed by atoms with van der Waals surface area (Å²) in [5.41, 5.74) is 0.672. The second-order valence-corrected chi connectivity index (χ2v) is 5.63. The van der Waals surface area contributed by atoms with Crippen molar-refractivity contribution < 1.29 is 31.1 Å². The van der Waals surface area contributed by atoms with Gasteiger partial charge in [0, 0.05) is 6.20 Å². The predicted octanol–water partition coefficient (Wildman–Crippen LogP) is 2.77. The normalized spacial score (nSPS) is 12.7. The number of hydrogen-bond acceptors (Lipinski definition) is 4. The van der Waals surface area contributed by atoms with Gasteiger partial charge in [0.2, 0.25) is 0 Å². The molecule has 0 radical (unpaired) electrons. The Morgan fingerprint density at radius 3 is 2.52 bits per heavy atom. The lowest BCUT2D eigenvalue weighted by molar-refractivity contribution is -0.143. The number of alkyl halides is 6. The molecule has 0 saturated heterocycles. The lowest BCUT2D eigenvalue weighted by atomic mass is 10.3. The molecule has 2 heterocycles. The third-order valence-corrected chi connectivity index (χ3v) is 3.54. The van der Waals surface area contributed by atoms with Crippen LogP contribution in [0.1, 0.15) is 17.1 Å². The zero-order valence-electron chi connectivity index (χ0n) is 13.4. The Hall–Kier alpha value is -2.57. The van der Waals surface area contributed by atoms with Crippen LogP contribution in [0.4, 0.5) is 26.3 Å². The van der Waals surface area contributed by atoms with Crippen LogP contribution in [-0.2, 0) is 24.1 Å². The zero-order chi connectivity index (χ0) is 20.4. The van der Waals surface area contributed by atoms with Gasteiger partial charge in [0.05, 0.1) is 16.9 Å². The monoisotopic (exact) mass is 416 g/mol. The summed E-state index contributed by atoms with van der Waals surface area (Å²) in [6, 6.07) is 1.23. The van der Waals surface area contributed by atoms with Gasteiger partial charge >= 0.3 is 12.4 Å². The van der Waals surface area contributed by atoms with Gasteiger partial charge in [-0.3, -0.25) is 14.2 Å². The molecule has 2 rings (SSSR count). The third-order valence-electron chi connectivity index (χ3n) is 3.08. The van der Waals surface area contributed by atoms with E-state index in [2.05, 4.69) is 15.3 Å². The number of hydrazone groups is 1. The minimum absolute atomic E-state index is 0.0391. The van der Waals surface area contributed by atoms with E-state index in [1.165, 1.54) is 13.0 Å². The average Bonchev–Trinajstić information content (AvgIpc) is 3.04. The molecule has 0 fully saturated rings. The van der Waals surface area contributed by atoms with E-state index in [1.54, 1.807) is 0 Å². The van der Waals surface area contributed by atoms with Gasteiger partial charge in [0.15, 0.2) is 5.69 Å². The summed E-state index contributed by atoms with van der Waals surface area (Å²) in [6.07, 6.45) is -7.15. The summed E-state index contributed by atoms with van der Waals surface area (Å²) in [4.78, 5) is 11.7. The Bertz CT molecular complexity index is 853. The maximum Gasteiger partial charge on any atom is 0.436 e. The summed E-state index contributed by atoms with van der Waals surface area (Å²) in [5, 5.41) is 9.68. The van der Waals surface area contributed by atoms with Gasteiger partial charge in [-0.15, -0.1) is 0 Å². The Labute approximate surface area is 152 Å². The fourth-order valence-corrected chi connectivity index (χ4v) is 2.16. The summed E-state index contributed by atoms with van der Waals surface area (Å²) in [5.74, 6) is -0.822. The van der Waals surface area contributed by atoms with Crippen molar-refractivity contribution in [1.82, 2.24) is 25.0 Å². The first kappa shape index (κ1) is 20.7. The zero-order valence-corrected chi connectivity index (χ0v) is 14.2. The van der Waals surface area contributed by atoms with E-state index in [9.17, 15) is 31.1 Å². The van der Waals surface area contributed by atoms with Crippen LogP contribution in [0.3, 0.4) is 0 Å². The van der Waals surface area contributed by atoms with Crippen LogP contribution in [0, 0.1) is 6.92 Å². The maximum atomic E-state index is 12.7. The van der Waals surface area contributed by atoms with E-state index in [4.69, 9.17) is 11.6 Å². The van der Waals surface area contributed by atoms with E-state index < -0.39 is 42.1 Å². The molecule has 2 aromatic heterocycles. The third kappa shape index (κ3) is 5.70. The molecule has 27 heavy (non-hydrogen) atoms. The lowest BCUT2D eigenvalue weighted by Gasteiger charge is -2.05. The second-order valence-electron chi connectivity index (χ2n) is 5.25. The number of halogens is 7. The molecule has 2 aromatic rings. The summed E-state index contributed by atoms with van der Waals surface area (Å²) in [7, 11) is 0. The smallest absolute Gasteiger partial charge is 0.271 e. The average molecular weight is 417 g/mol. The van der Waals surface area contributed by atoms with Crippen molar-refractivity contribution in [3.8, 4) is 0 Å². The first-order valence-corrected chi connectivity index (χ1v) is 7.47. The molecule has 0 aliphatic heterocycles. The van der Waals surface area contributed by atoms with Gasteiger partial charge in [-0.05, 0) is 13.0 Å².